The van der Waals surface area contributed by atoms with E-state index in [0.29, 0.717) is 0 Å². The van der Waals surface area contributed by atoms with Gasteiger partial charge in [0.15, 0.2) is 5.75 Å². The number of aromatic hydroxyl groups is 1. The lowest BCUT2D eigenvalue weighted by molar-refractivity contribution is 0.252. The summed E-state index contributed by atoms with van der Waals surface area (Å²) in [6, 6.07) is 1.49. The van der Waals surface area contributed by atoms with Crippen LogP contribution in [0, 0.1) is 5.92 Å². The average molecular weight is 236 g/mol. The van der Waals surface area contributed by atoms with E-state index in [9.17, 15) is 9.90 Å². The predicted octanol–water partition coefficient (Wildman–Crippen LogP) is 1.70. The van der Waals surface area contributed by atoms with Crippen LogP contribution in [0.1, 0.15) is 31.9 Å². The lowest BCUT2D eigenvalue weighted by atomic mass is 10.2. The Morgan fingerprint density at radius 3 is 2.88 bits per heavy atom. The van der Waals surface area contributed by atoms with Crippen molar-refractivity contribution in [2.45, 2.75) is 32.7 Å². The summed E-state index contributed by atoms with van der Waals surface area (Å²) >= 11 is 0. The number of rotatable bonds is 6. The molecule has 0 amide bonds. The number of hydrogen-bond donors (Lipinski definition) is 2. The lowest BCUT2D eigenvalue weighted by Gasteiger charge is -2.21. The molecule has 1 aromatic rings. The molecule has 94 valence electrons. The van der Waals surface area contributed by atoms with Crippen LogP contribution in [0.5, 0.6) is 5.75 Å². The molecule has 1 saturated carbocycles. The third-order valence-electron chi connectivity index (χ3n) is 3.10. The Morgan fingerprint density at radius 2 is 2.29 bits per heavy atom. The topological polar surface area (TPSA) is 56.3 Å². The highest BCUT2D eigenvalue weighted by Gasteiger charge is 2.24. The van der Waals surface area contributed by atoms with Crippen molar-refractivity contribution in [1.29, 1.82) is 0 Å². The molecule has 2 rings (SSSR count). The SMILES string of the molecule is CCCN(Cc1cc(=O)c(O)c[nH]1)CC1CC1. The number of hydrogen-bond acceptors (Lipinski definition) is 3. The number of H-pyrrole nitrogens is 1. The molecule has 0 spiro atoms. The maximum atomic E-state index is 11.3. The zero-order valence-corrected chi connectivity index (χ0v) is 10.3. The molecule has 0 saturated heterocycles. The van der Waals surface area contributed by atoms with Gasteiger partial charge in [-0.05, 0) is 31.7 Å². The summed E-state index contributed by atoms with van der Waals surface area (Å²) in [4.78, 5) is 16.7. The highest BCUT2D eigenvalue weighted by Crippen LogP contribution is 2.30. The second kappa shape index (κ2) is 5.36. The van der Waals surface area contributed by atoms with Gasteiger partial charge in [0.1, 0.15) is 0 Å². The minimum absolute atomic E-state index is 0.210. The fourth-order valence-electron chi connectivity index (χ4n) is 2.05. The van der Waals surface area contributed by atoms with Crippen molar-refractivity contribution >= 4 is 0 Å². The van der Waals surface area contributed by atoms with Crippen LogP contribution in [0.15, 0.2) is 17.1 Å². The van der Waals surface area contributed by atoms with Gasteiger partial charge in [0.2, 0.25) is 5.43 Å². The first kappa shape index (κ1) is 12.2. The molecule has 17 heavy (non-hydrogen) atoms. The molecule has 4 heteroatoms. The molecular formula is C13H20N2O2. The van der Waals surface area contributed by atoms with Gasteiger partial charge in [-0.1, -0.05) is 6.92 Å². The molecule has 0 unspecified atom stereocenters. The Hall–Kier alpha value is -1.29. The summed E-state index contributed by atoms with van der Waals surface area (Å²) < 4.78 is 0. The maximum Gasteiger partial charge on any atom is 0.223 e. The molecule has 1 aliphatic rings. The zero-order valence-electron chi connectivity index (χ0n) is 10.3. The molecule has 0 radical (unpaired) electrons. The van der Waals surface area contributed by atoms with Crippen LogP contribution in [0.3, 0.4) is 0 Å². The molecule has 0 aromatic carbocycles. The Morgan fingerprint density at radius 1 is 1.53 bits per heavy atom. The van der Waals surface area contributed by atoms with Gasteiger partial charge in [-0.15, -0.1) is 0 Å². The quantitative estimate of drug-likeness (QED) is 0.790. The van der Waals surface area contributed by atoms with Crippen LogP contribution in [-0.2, 0) is 6.54 Å². The van der Waals surface area contributed by atoms with E-state index < -0.39 is 0 Å². The monoisotopic (exact) mass is 236 g/mol. The Labute approximate surface area is 101 Å². The number of pyridine rings is 1. The highest BCUT2D eigenvalue weighted by molar-refractivity contribution is 5.18. The number of aromatic nitrogens is 1. The van der Waals surface area contributed by atoms with Crippen molar-refractivity contribution in [3.8, 4) is 5.75 Å². The van der Waals surface area contributed by atoms with Gasteiger partial charge >= 0.3 is 0 Å². The maximum absolute atomic E-state index is 11.3. The smallest absolute Gasteiger partial charge is 0.223 e. The molecule has 0 aliphatic heterocycles. The van der Waals surface area contributed by atoms with Crippen molar-refractivity contribution in [2.75, 3.05) is 13.1 Å². The fraction of sp³-hybridized carbons (Fsp3) is 0.615. The zero-order chi connectivity index (χ0) is 12.3. The Bertz CT molecular complexity index is 424. The predicted molar refractivity (Wildman–Crippen MR) is 67.0 cm³/mol. The van der Waals surface area contributed by atoms with E-state index >= 15 is 0 Å². The lowest BCUT2D eigenvalue weighted by Crippen LogP contribution is -2.27. The van der Waals surface area contributed by atoms with Gasteiger partial charge in [0, 0.05) is 31.0 Å². The molecule has 0 bridgehead atoms. The summed E-state index contributed by atoms with van der Waals surface area (Å²) in [5.74, 6) is 0.642. The van der Waals surface area contributed by atoms with E-state index in [4.69, 9.17) is 0 Å². The standard InChI is InChI=1S/C13H20N2O2/c1-2-5-15(8-10-3-4-10)9-11-6-12(16)13(17)7-14-11/h6-7,10,17H,2-5,8-9H2,1H3,(H,14,16). The van der Waals surface area contributed by atoms with E-state index in [0.717, 1.165) is 37.7 Å². The van der Waals surface area contributed by atoms with Crippen LogP contribution in [-0.4, -0.2) is 28.1 Å². The largest absolute Gasteiger partial charge is 0.503 e. The second-order valence-corrected chi connectivity index (χ2v) is 4.89. The van der Waals surface area contributed by atoms with Gasteiger partial charge in [-0.3, -0.25) is 9.69 Å². The first-order valence-corrected chi connectivity index (χ1v) is 6.32. The Balaban J connectivity index is 1.99. The van der Waals surface area contributed by atoms with E-state index in [-0.39, 0.29) is 11.2 Å². The van der Waals surface area contributed by atoms with Crippen molar-refractivity contribution in [3.05, 3.63) is 28.2 Å². The molecule has 2 N–H and O–H groups in total. The van der Waals surface area contributed by atoms with Crippen LogP contribution < -0.4 is 5.43 Å². The summed E-state index contributed by atoms with van der Waals surface area (Å²) in [6.45, 7) is 5.11. The fourth-order valence-corrected chi connectivity index (χ4v) is 2.05. The van der Waals surface area contributed by atoms with Gasteiger partial charge in [-0.2, -0.15) is 0 Å². The first-order valence-electron chi connectivity index (χ1n) is 6.32. The van der Waals surface area contributed by atoms with Crippen molar-refractivity contribution in [2.24, 2.45) is 5.92 Å². The van der Waals surface area contributed by atoms with Crippen molar-refractivity contribution in [1.82, 2.24) is 9.88 Å². The summed E-state index contributed by atoms with van der Waals surface area (Å²) in [7, 11) is 0. The third kappa shape index (κ3) is 3.60. The molecule has 4 nitrogen and oxygen atoms in total. The molecule has 1 fully saturated rings. The molecule has 1 aliphatic carbocycles. The first-order chi connectivity index (χ1) is 8.19. The second-order valence-electron chi connectivity index (χ2n) is 4.89. The van der Waals surface area contributed by atoms with Crippen LogP contribution in [0.4, 0.5) is 0 Å². The van der Waals surface area contributed by atoms with E-state index in [2.05, 4.69) is 16.8 Å². The van der Waals surface area contributed by atoms with E-state index in [1.54, 1.807) is 0 Å². The third-order valence-corrected chi connectivity index (χ3v) is 3.10. The van der Waals surface area contributed by atoms with Gasteiger partial charge in [0.05, 0.1) is 0 Å². The Kier molecular flexibility index (Phi) is 3.84. The molecular weight excluding hydrogens is 216 g/mol. The molecule has 1 aromatic heterocycles. The number of aromatic amines is 1. The van der Waals surface area contributed by atoms with Crippen LogP contribution in [0.25, 0.3) is 0 Å². The van der Waals surface area contributed by atoms with Crippen LogP contribution in [0.2, 0.25) is 0 Å². The average Bonchev–Trinajstić information content (AvgIpc) is 3.08. The minimum Gasteiger partial charge on any atom is -0.503 e. The van der Waals surface area contributed by atoms with E-state index in [1.165, 1.54) is 25.1 Å². The van der Waals surface area contributed by atoms with E-state index in [1.807, 2.05) is 0 Å². The van der Waals surface area contributed by atoms with Gasteiger partial charge in [0.25, 0.3) is 0 Å². The van der Waals surface area contributed by atoms with Crippen molar-refractivity contribution in [3.63, 3.8) is 0 Å². The van der Waals surface area contributed by atoms with Gasteiger partial charge in [-0.25, -0.2) is 0 Å². The normalized spacial score (nSPS) is 15.4. The highest BCUT2D eigenvalue weighted by atomic mass is 16.3. The summed E-state index contributed by atoms with van der Waals surface area (Å²) in [5.41, 5.74) is 0.573. The van der Waals surface area contributed by atoms with Gasteiger partial charge < -0.3 is 10.1 Å². The van der Waals surface area contributed by atoms with Crippen LogP contribution >= 0.6 is 0 Å². The summed E-state index contributed by atoms with van der Waals surface area (Å²) in [5, 5.41) is 9.18. The minimum atomic E-state index is -0.304. The molecule has 0 atom stereocenters. The summed E-state index contributed by atoms with van der Waals surface area (Å²) in [6.07, 6.45) is 5.17. The number of nitrogens with zero attached hydrogens (tertiary/aromatic N) is 1. The van der Waals surface area contributed by atoms with Crippen molar-refractivity contribution < 1.29 is 5.11 Å². The number of nitrogens with one attached hydrogen (secondary N) is 1. The molecule has 1 heterocycles.